The van der Waals surface area contributed by atoms with Crippen molar-refractivity contribution in [2.45, 2.75) is 39.2 Å². The van der Waals surface area contributed by atoms with Crippen LogP contribution in [0.5, 0.6) is 0 Å². The second-order valence-corrected chi connectivity index (χ2v) is 6.25. The number of carbonyl (C=O) groups excluding carboxylic acids is 1. The molecule has 0 aliphatic heterocycles. The Morgan fingerprint density at radius 1 is 1.47 bits per heavy atom. The summed E-state index contributed by atoms with van der Waals surface area (Å²) < 4.78 is 0. The Morgan fingerprint density at radius 2 is 2.32 bits per heavy atom. The van der Waals surface area contributed by atoms with Crippen molar-refractivity contribution >= 4 is 16.8 Å². The summed E-state index contributed by atoms with van der Waals surface area (Å²) in [4.78, 5) is 12.2. The molecule has 1 unspecified atom stereocenters. The number of benzene rings is 1. The molecule has 1 aromatic heterocycles. The van der Waals surface area contributed by atoms with E-state index in [0.717, 1.165) is 23.7 Å². The number of nitrogens with one attached hydrogen (secondary N) is 2. The highest BCUT2D eigenvalue weighted by atomic mass is 16.1. The number of rotatable bonds is 2. The fourth-order valence-corrected chi connectivity index (χ4v) is 2.91. The van der Waals surface area contributed by atoms with Crippen LogP contribution in [0.3, 0.4) is 0 Å². The van der Waals surface area contributed by atoms with Crippen LogP contribution in [-0.2, 0) is 0 Å². The highest BCUT2D eigenvalue weighted by Crippen LogP contribution is 2.36. The maximum absolute atomic E-state index is 12.2. The van der Waals surface area contributed by atoms with Crippen LogP contribution in [0, 0.1) is 5.41 Å². The van der Waals surface area contributed by atoms with Gasteiger partial charge >= 0.3 is 0 Å². The van der Waals surface area contributed by atoms with Crippen molar-refractivity contribution in [3.63, 3.8) is 0 Å². The molecule has 1 aliphatic carbocycles. The zero-order chi connectivity index (χ0) is 13.5. The summed E-state index contributed by atoms with van der Waals surface area (Å²) in [6.45, 7) is 4.52. The molecule has 19 heavy (non-hydrogen) atoms. The van der Waals surface area contributed by atoms with Crippen molar-refractivity contribution in [3.05, 3.63) is 30.0 Å². The van der Waals surface area contributed by atoms with Gasteiger partial charge in [0.15, 0.2) is 0 Å². The Labute approximate surface area is 112 Å². The second-order valence-electron chi connectivity index (χ2n) is 6.25. The SMILES string of the molecule is CC1(C)CCC(NC(=O)c2ccc3cn[nH]c3c2)C1. The van der Waals surface area contributed by atoms with E-state index in [0.29, 0.717) is 17.0 Å². The van der Waals surface area contributed by atoms with E-state index in [-0.39, 0.29) is 5.91 Å². The largest absolute Gasteiger partial charge is 0.349 e. The lowest BCUT2D eigenvalue weighted by atomic mass is 9.92. The van der Waals surface area contributed by atoms with E-state index < -0.39 is 0 Å². The van der Waals surface area contributed by atoms with Gasteiger partial charge in [0, 0.05) is 17.0 Å². The highest BCUT2D eigenvalue weighted by Gasteiger charge is 2.31. The van der Waals surface area contributed by atoms with Crippen molar-refractivity contribution in [1.29, 1.82) is 0 Å². The van der Waals surface area contributed by atoms with Crippen molar-refractivity contribution < 1.29 is 4.79 Å². The van der Waals surface area contributed by atoms with Gasteiger partial charge in [0.25, 0.3) is 5.91 Å². The fourth-order valence-electron chi connectivity index (χ4n) is 2.91. The first kappa shape index (κ1) is 12.2. The third-order valence-electron chi connectivity index (χ3n) is 4.01. The van der Waals surface area contributed by atoms with Crippen LogP contribution in [0.1, 0.15) is 43.5 Å². The van der Waals surface area contributed by atoms with Gasteiger partial charge in [-0.05, 0) is 36.8 Å². The van der Waals surface area contributed by atoms with Gasteiger partial charge in [-0.15, -0.1) is 0 Å². The molecule has 100 valence electrons. The van der Waals surface area contributed by atoms with Gasteiger partial charge in [-0.3, -0.25) is 9.89 Å². The predicted molar refractivity (Wildman–Crippen MR) is 75.0 cm³/mol. The molecule has 0 saturated heterocycles. The lowest BCUT2D eigenvalue weighted by Crippen LogP contribution is -2.33. The van der Waals surface area contributed by atoms with E-state index in [1.54, 1.807) is 6.20 Å². The Morgan fingerprint density at radius 3 is 3.05 bits per heavy atom. The van der Waals surface area contributed by atoms with Gasteiger partial charge in [-0.2, -0.15) is 5.10 Å². The molecule has 0 bridgehead atoms. The Bertz CT molecular complexity index is 615. The molecular weight excluding hydrogens is 238 g/mol. The molecule has 3 rings (SSSR count). The highest BCUT2D eigenvalue weighted by molar-refractivity contribution is 5.97. The average molecular weight is 257 g/mol. The number of nitrogens with zero attached hydrogens (tertiary/aromatic N) is 1. The molecule has 4 nitrogen and oxygen atoms in total. The predicted octanol–water partition coefficient (Wildman–Crippen LogP) is 2.87. The lowest BCUT2D eigenvalue weighted by molar-refractivity contribution is 0.0936. The van der Waals surface area contributed by atoms with E-state index in [2.05, 4.69) is 29.4 Å². The Kier molecular flexibility index (Phi) is 2.81. The van der Waals surface area contributed by atoms with Crippen LogP contribution in [-0.4, -0.2) is 22.1 Å². The topological polar surface area (TPSA) is 57.8 Å². The van der Waals surface area contributed by atoms with Crippen LogP contribution in [0.4, 0.5) is 0 Å². The first-order chi connectivity index (χ1) is 9.03. The van der Waals surface area contributed by atoms with E-state index in [4.69, 9.17) is 0 Å². The quantitative estimate of drug-likeness (QED) is 0.869. The van der Waals surface area contributed by atoms with Crippen molar-refractivity contribution in [2.24, 2.45) is 5.41 Å². The first-order valence-corrected chi connectivity index (χ1v) is 6.77. The zero-order valence-corrected chi connectivity index (χ0v) is 11.4. The monoisotopic (exact) mass is 257 g/mol. The Balaban J connectivity index is 1.73. The van der Waals surface area contributed by atoms with Crippen LogP contribution < -0.4 is 5.32 Å². The normalized spacial score (nSPS) is 21.7. The molecule has 1 saturated carbocycles. The molecule has 2 N–H and O–H groups in total. The van der Waals surface area contributed by atoms with Gasteiger partial charge in [0.2, 0.25) is 0 Å². The van der Waals surface area contributed by atoms with E-state index in [1.165, 1.54) is 6.42 Å². The number of hydrogen-bond acceptors (Lipinski definition) is 2. The molecule has 1 aromatic carbocycles. The molecule has 1 aliphatic rings. The molecule has 1 atom stereocenters. The first-order valence-electron chi connectivity index (χ1n) is 6.77. The van der Waals surface area contributed by atoms with Gasteiger partial charge in [-0.25, -0.2) is 0 Å². The van der Waals surface area contributed by atoms with Crippen LogP contribution >= 0.6 is 0 Å². The molecular formula is C15H19N3O. The summed E-state index contributed by atoms with van der Waals surface area (Å²) >= 11 is 0. The van der Waals surface area contributed by atoms with Gasteiger partial charge < -0.3 is 5.32 Å². The number of H-pyrrole nitrogens is 1. The third kappa shape index (κ3) is 2.48. The lowest BCUT2D eigenvalue weighted by Gasteiger charge is -2.17. The van der Waals surface area contributed by atoms with Crippen LogP contribution in [0.25, 0.3) is 10.9 Å². The molecule has 1 heterocycles. The summed E-state index contributed by atoms with van der Waals surface area (Å²) in [5.41, 5.74) is 1.95. The summed E-state index contributed by atoms with van der Waals surface area (Å²) in [5, 5.41) is 11.0. The molecule has 2 aromatic rings. The van der Waals surface area contributed by atoms with E-state index >= 15 is 0 Å². The minimum Gasteiger partial charge on any atom is -0.349 e. The maximum atomic E-state index is 12.2. The Hall–Kier alpha value is -1.84. The number of fused-ring (bicyclic) bond motifs is 1. The number of aromatic amines is 1. The van der Waals surface area contributed by atoms with E-state index in [1.807, 2.05) is 18.2 Å². The minimum atomic E-state index is 0.0131. The average Bonchev–Trinajstić information content (AvgIpc) is 2.94. The summed E-state index contributed by atoms with van der Waals surface area (Å²) in [6, 6.07) is 5.94. The number of amides is 1. The minimum absolute atomic E-state index is 0.0131. The smallest absolute Gasteiger partial charge is 0.251 e. The van der Waals surface area contributed by atoms with Gasteiger partial charge in [-0.1, -0.05) is 19.9 Å². The van der Waals surface area contributed by atoms with Gasteiger partial charge in [0.1, 0.15) is 0 Å². The zero-order valence-electron chi connectivity index (χ0n) is 11.4. The maximum Gasteiger partial charge on any atom is 0.251 e. The van der Waals surface area contributed by atoms with Crippen LogP contribution in [0.2, 0.25) is 0 Å². The summed E-state index contributed by atoms with van der Waals surface area (Å²) in [7, 11) is 0. The van der Waals surface area contributed by atoms with Crippen molar-refractivity contribution in [3.8, 4) is 0 Å². The summed E-state index contributed by atoms with van der Waals surface area (Å²) in [5.74, 6) is 0.0131. The standard InChI is InChI=1S/C15H19N3O/c1-15(2)6-5-12(8-15)17-14(19)10-3-4-11-9-16-18-13(11)7-10/h3-4,7,9,12H,5-6,8H2,1-2H3,(H,16,18)(H,17,19). The van der Waals surface area contributed by atoms with Crippen LogP contribution in [0.15, 0.2) is 24.4 Å². The molecule has 1 amide bonds. The second kappa shape index (κ2) is 4.37. The summed E-state index contributed by atoms with van der Waals surface area (Å²) in [6.07, 6.45) is 5.07. The number of aromatic nitrogens is 2. The van der Waals surface area contributed by atoms with Gasteiger partial charge in [0.05, 0.1) is 11.7 Å². The van der Waals surface area contributed by atoms with Crippen molar-refractivity contribution in [2.75, 3.05) is 0 Å². The fraction of sp³-hybridized carbons (Fsp3) is 0.467. The molecule has 1 fully saturated rings. The van der Waals surface area contributed by atoms with Crippen molar-refractivity contribution in [1.82, 2.24) is 15.5 Å². The molecule has 0 radical (unpaired) electrons. The third-order valence-corrected chi connectivity index (χ3v) is 4.01. The molecule has 0 spiro atoms. The number of hydrogen-bond donors (Lipinski definition) is 2. The number of carbonyl (C=O) groups is 1. The molecule has 4 heteroatoms. The van der Waals surface area contributed by atoms with E-state index in [9.17, 15) is 4.79 Å².